The van der Waals surface area contributed by atoms with Gasteiger partial charge in [0.05, 0.1) is 0 Å². The van der Waals surface area contributed by atoms with Crippen LogP contribution in [0.25, 0.3) is 0 Å². The number of unbranched alkanes of at least 4 members (excludes halogenated alkanes) is 1. The number of aromatic nitrogens is 1. The van der Waals surface area contributed by atoms with E-state index in [4.69, 9.17) is 5.73 Å². The maximum Gasteiger partial charge on any atom is 0.320 e. The molecular weight excluding hydrogens is 306 g/mol. The molecule has 3 amide bonds. The fourth-order valence-corrected chi connectivity index (χ4v) is 2.87. The second kappa shape index (κ2) is 9.22. The SMILES string of the molecule is Cc1cccnc1NC(=O)NCCCCN1CCC(C(N)=O)CC1. The lowest BCUT2D eigenvalue weighted by atomic mass is 9.96. The average Bonchev–Trinajstić information content (AvgIpc) is 2.57. The number of aryl methyl sites for hydroxylation is 1. The first-order valence-corrected chi connectivity index (χ1v) is 8.54. The van der Waals surface area contributed by atoms with Crippen molar-refractivity contribution in [2.75, 3.05) is 31.5 Å². The van der Waals surface area contributed by atoms with Gasteiger partial charge in [0.25, 0.3) is 0 Å². The van der Waals surface area contributed by atoms with E-state index < -0.39 is 0 Å². The minimum Gasteiger partial charge on any atom is -0.369 e. The highest BCUT2D eigenvalue weighted by Crippen LogP contribution is 2.16. The molecule has 4 N–H and O–H groups in total. The molecule has 0 saturated carbocycles. The van der Waals surface area contributed by atoms with E-state index in [1.54, 1.807) is 6.20 Å². The lowest BCUT2D eigenvalue weighted by molar-refractivity contribution is -0.123. The van der Waals surface area contributed by atoms with E-state index in [2.05, 4.69) is 20.5 Å². The molecule has 0 aromatic carbocycles. The van der Waals surface area contributed by atoms with Crippen LogP contribution in [0.2, 0.25) is 0 Å². The van der Waals surface area contributed by atoms with E-state index >= 15 is 0 Å². The van der Waals surface area contributed by atoms with Gasteiger partial charge in [0.2, 0.25) is 5.91 Å². The first-order chi connectivity index (χ1) is 11.6. The van der Waals surface area contributed by atoms with Gasteiger partial charge in [-0.1, -0.05) is 6.07 Å². The van der Waals surface area contributed by atoms with Crippen molar-refractivity contribution in [3.05, 3.63) is 23.9 Å². The quantitative estimate of drug-likeness (QED) is 0.658. The van der Waals surface area contributed by atoms with Crippen molar-refractivity contribution in [2.45, 2.75) is 32.6 Å². The number of urea groups is 1. The van der Waals surface area contributed by atoms with Crippen molar-refractivity contribution in [1.82, 2.24) is 15.2 Å². The second-order valence-electron chi connectivity index (χ2n) is 6.28. The van der Waals surface area contributed by atoms with Crippen molar-refractivity contribution in [3.63, 3.8) is 0 Å². The summed E-state index contributed by atoms with van der Waals surface area (Å²) >= 11 is 0. The normalized spacial score (nSPS) is 15.9. The minimum absolute atomic E-state index is 0.0432. The zero-order chi connectivity index (χ0) is 17.4. The van der Waals surface area contributed by atoms with E-state index in [-0.39, 0.29) is 17.9 Å². The standard InChI is InChI=1S/C17H27N5O2/c1-13-5-4-9-19-16(13)21-17(24)20-8-2-3-10-22-11-6-14(7-12-22)15(18)23/h4-5,9,14H,2-3,6-8,10-12H2,1H3,(H2,18,23)(H2,19,20,21,24). The number of nitrogens with two attached hydrogens (primary N) is 1. The summed E-state index contributed by atoms with van der Waals surface area (Å²) in [5, 5.41) is 5.60. The van der Waals surface area contributed by atoms with Crippen LogP contribution in [0.3, 0.4) is 0 Å². The molecule has 1 fully saturated rings. The maximum absolute atomic E-state index is 11.8. The van der Waals surface area contributed by atoms with Crippen molar-refractivity contribution in [2.24, 2.45) is 11.7 Å². The number of primary amides is 1. The lowest BCUT2D eigenvalue weighted by Crippen LogP contribution is -2.39. The van der Waals surface area contributed by atoms with Crippen LogP contribution in [-0.4, -0.2) is 48.0 Å². The van der Waals surface area contributed by atoms with Crippen LogP contribution in [0.4, 0.5) is 10.6 Å². The van der Waals surface area contributed by atoms with Gasteiger partial charge in [0, 0.05) is 18.7 Å². The van der Waals surface area contributed by atoms with Crippen LogP contribution >= 0.6 is 0 Å². The molecule has 1 aliphatic heterocycles. The number of carbonyl (C=O) groups is 2. The molecule has 0 bridgehead atoms. The first-order valence-electron chi connectivity index (χ1n) is 8.54. The molecule has 1 aromatic heterocycles. The Morgan fingerprint density at radius 2 is 2.08 bits per heavy atom. The highest BCUT2D eigenvalue weighted by molar-refractivity contribution is 5.88. The molecule has 132 valence electrons. The number of likely N-dealkylation sites (tertiary alicyclic amines) is 1. The van der Waals surface area contributed by atoms with Crippen LogP contribution in [0, 0.1) is 12.8 Å². The molecule has 7 nitrogen and oxygen atoms in total. The van der Waals surface area contributed by atoms with Crippen LogP contribution in [-0.2, 0) is 4.79 Å². The summed E-state index contributed by atoms with van der Waals surface area (Å²) in [4.78, 5) is 29.4. The van der Waals surface area contributed by atoms with E-state index in [0.717, 1.165) is 50.9 Å². The molecule has 1 aliphatic rings. The number of carbonyl (C=O) groups excluding carboxylic acids is 2. The Bertz CT molecular complexity index is 556. The van der Waals surface area contributed by atoms with Crippen molar-refractivity contribution in [1.29, 1.82) is 0 Å². The first kappa shape index (κ1) is 18.2. The van der Waals surface area contributed by atoms with Crippen LogP contribution < -0.4 is 16.4 Å². The molecule has 0 aliphatic carbocycles. The Labute approximate surface area is 143 Å². The molecule has 0 spiro atoms. The van der Waals surface area contributed by atoms with Crippen LogP contribution in [0.5, 0.6) is 0 Å². The highest BCUT2D eigenvalue weighted by atomic mass is 16.2. The predicted molar refractivity (Wildman–Crippen MR) is 93.6 cm³/mol. The minimum atomic E-state index is -0.223. The fraction of sp³-hybridized carbons (Fsp3) is 0.588. The molecule has 1 aromatic rings. The van der Waals surface area contributed by atoms with Gasteiger partial charge in [-0.25, -0.2) is 9.78 Å². The van der Waals surface area contributed by atoms with Gasteiger partial charge >= 0.3 is 6.03 Å². The monoisotopic (exact) mass is 333 g/mol. The summed E-state index contributed by atoms with van der Waals surface area (Å²) in [6.45, 7) is 5.40. The zero-order valence-electron chi connectivity index (χ0n) is 14.3. The van der Waals surface area contributed by atoms with E-state index in [9.17, 15) is 9.59 Å². The van der Waals surface area contributed by atoms with Crippen LogP contribution in [0.15, 0.2) is 18.3 Å². The summed E-state index contributed by atoms with van der Waals surface area (Å²) < 4.78 is 0. The van der Waals surface area contributed by atoms with Gasteiger partial charge in [-0.15, -0.1) is 0 Å². The molecule has 1 saturated heterocycles. The number of rotatable bonds is 7. The lowest BCUT2D eigenvalue weighted by Gasteiger charge is -2.30. The third-order valence-corrected chi connectivity index (χ3v) is 4.42. The molecule has 2 rings (SSSR count). The third-order valence-electron chi connectivity index (χ3n) is 4.42. The van der Waals surface area contributed by atoms with E-state index in [0.29, 0.717) is 12.4 Å². The number of hydrogen-bond acceptors (Lipinski definition) is 4. The fourth-order valence-electron chi connectivity index (χ4n) is 2.87. The number of nitrogens with zero attached hydrogens (tertiary/aromatic N) is 2. The molecule has 0 atom stereocenters. The number of nitrogens with one attached hydrogen (secondary N) is 2. The number of pyridine rings is 1. The Kier molecular flexibility index (Phi) is 6.99. The highest BCUT2D eigenvalue weighted by Gasteiger charge is 2.22. The van der Waals surface area contributed by atoms with Crippen molar-refractivity contribution < 1.29 is 9.59 Å². The van der Waals surface area contributed by atoms with Crippen LogP contribution in [0.1, 0.15) is 31.2 Å². The predicted octanol–water partition coefficient (Wildman–Crippen LogP) is 1.49. The maximum atomic E-state index is 11.8. The molecule has 7 heteroatoms. The smallest absolute Gasteiger partial charge is 0.320 e. The molecule has 0 unspecified atom stereocenters. The largest absolute Gasteiger partial charge is 0.369 e. The number of piperidine rings is 1. The summed E-state index contributed by atoms with van der Waals surface area (Å²) in [5.41, 5.74) is 6.27. The number of anilines is 1. The molecule has 24 heavy (non-hydrogen) atoms. The second-order valence-corrected chi connectivity index (χ2v) is 6.28. The Morgan fingerprint density at radius 3 is 2.75 bits per heavy atom. The topological polar surface area (TPSA) is 100 Å². The molecule has 0 radical (unpaired) electrons. The van der Waals surface area contributed by atoms with Gasteiger partial charge in [-0.3, -0.25) is 10.1 Å². The summed E-state index contributed by atoms with van der Waals surface area (Å²) in [6.07, 6.45) is 5.32. The zero-order valence-corrected chi connectivity index (χ0v) is 14.3. The number of amides is 3. The summed E-state index contributed by atoms with van der Waals surface area (Å²) in [6, 6.07) is 3.52. The Morgan fingerprint density at radius 1 is 1.33 bits per heavy atom. The van der Waals surface area contributed by atoms with Gasteiger partial charge in [0.1, 0.15) is 5.82 Å². The van der Waals surface area contributed by atoms with Crippen molar-refractivity contribution >= 4 is 17.8 Å². The van der Waals surface area contributed by atoms with Gasteiger partial charge < -0.3 is 16.0 Å². The summed E-state index contributed by atoms with van der Waals surface area (Å²) in [5.74, 6) is 0.460. The van der Waals surface area contributed by atoms with E-state index in [1.165, 1.54) is 0 Å². The van der Waals surface area contributed by atoms with E-state index in [1.807, 2.05) is 19.1 Å². The molecular formula is C17H27N5O2. The Hall–Kier alpha value is -2.15. The van der Waals surface area contributed by atoms with Gasteiger partial charge in [-0.05, 0) is 63.9 Å². The van der Waals surface area contributed by atoms with Gasteiger partial charge in [0.15, 0.2) is 0 Å². The number of hydrogen-bond donors (Lipinski definition) is 3. The van der Waals surface area contributed by atoms with Gasteiger partial charge in [-0.2, -0.15) is 0 Å². The van der Waals surface area contributed by atoms with Crippen molar-refractivity contribution in [3.8, 4) is 0 Å². The third kappa shape index (κ3) is 5.81. The molecule has 2 heterocycles. The Balaban J connectivity index is 1.55. The average molecular weight is 333 g/mol. The summed E-state index contributed by atoms with van der Waals surface area (Å²) in [7, 11) is 0.